The van der Waals surface area contributed by atoms with Crippen LogP contribution in [0.3, 0.4) is 0 Å². The van der Waals surface area contributed by atoms with E-state index in [1.165, 1.54) is 17.8 Å². The van der Waals surface area contributed by atoms with Crippen LogP contribution < -0.4 is 5.56 Å². The lowest BCUT2D eigenvalue weighted by Crippen LogP contribution is -2.10. The summed E-state index contributed by atoms with van der Waals surface area (Å²) in [5, 5.41) is 20.7. The van der Waals surface area contributed by atoms with Gasteiger partial charge in [0.1, 0.15) is 12.6 Å². The molecule has 0 saturated carbocycles. The average Bonchev–Trinajstić information content (AvgIpc) is 2.78. The van der Waals surface area contributed by atoms with Crippen LogP contribution in [0.1, 0.15) is 11.1 Å². The van der Waals surface area contributed by atoms with Gasteiger partial charge in [0, 0.05) is 11.8 Å². The van der Waals surface area contributed by atoms with Crippen LogP contribution in [0.2, 0.25) is 0 Å². The molecule has 0 saturated heterocycles. The molecule has 0 aromatic carbocycles. The first-order valence-electron chi connectivity index (χ1n) is 4.89. The molecule has 1 aromatic heterocycles. The van der Waals surface area contributed by atoms with Gasteiger partial charge in [-0.15, -0.1) is 16.9 Å². The van der Waals surface area contributed by atoms with Crippen molar-refractivity contribution in [2.75, 3.05) is 12.3 Å². The zero-order valence-corrected chi connectivity index (χ0v) is 9.91. The fraction of sp³-hybridized carbons (Fsp3) is 0.300. The second-order valence-electron chi connectivity index (χ2n) is 3.48. The molecular formula is C10H9N5OS. The number of nitrogens with zero attached hydrogens (tertiary/aromatic N) is 4. The van der Waals surface area contributed by atoms with Crippen LogP contribution in [0.15, 0.2) is 31.3 Å². The quantitative estimate of drug-likeness (QED) is 0.819. The molecule has 6 nitrogen and oxygen atoms in total. The van der Waals surface area contributed by atoms with Crippen molar-refractivity contribution in [3.63, 3.8) is 0 Å². The molecule has 0 amide bonds. The third-order valence-electron chi connectivity index (χ3n) is 2.20. The van der Waals surface area contributed by atoms with Gasteiger partial charge >= 0.3 is 0 Å². The fourth-order valence-corrected chi connectivity index (χ4v) is 2.36. The molecule has 1 aliphatic heterocycles. The van der Waals surface area contributed by atoms with Gasteiger partial charge in [-0.3, -0.25) is 4.79 Å². The van der Waals surface area contributed by atoms with Crippen LogP contribution in [0, 0.1) is 18.3 Å². The minimum atomic E-state index is -0.202. The maximum atomic E-state index is 11.3. The largest absolute Gasteiger partial charge is 0.316 e. The molecule has 2 rings (SSSR count). The highest BCUT2D eigenvalue weighted by Crippen LogP contribution is 2.21. The van der Waals surface area contributed by atoms with Crippen molar-refractivity contribution in [3.05, 3.63) is 27.5 Å². The highest BCUT2D eigenvalue weighted by molar-refractivity contribution is 8.00. The minimum Gasteiger partial charge on any atom is -0.316 e. The van der Waals surface area contributed by atoms with E-state index in [4.69, 9.17) is 5.26 Å². The highest BCUT2D eigenvalue weighted by Gasteiger charge is 2.11. The van der Waals surface area contributed by atoms with Crippen molar-refractivity contribution in [3.8, 4) is 6.07 Å². The lowest BCUT2D eigenvalue weighted by molar-refractivity contribution is 1.04. The second kappa shape index (κ2) is 4.93. The highest BCUT2D eigenvalue weighted by atomic mass is 32.2. The van der Waals surface area contributed by atoms with Gasteiger partial charge in [-0.2, -0.15) is 10.4 Å². The standard InChI is InChI=1S/C10H9N5OS/c1-6-2-9(16)13-10(8(6)3-11)17-5-7-4-12-15-14-7/h2H,4-5H2,1H3,(H,13,16). The number of aromatic nitrogens is 1. The SMILES string of the molecule is Cc1cc(=O)[nH]c(SCC2=NN=NC2)c1C#N. The molecule has 0 fully saturated rings. The Labute approximate surface area is 101 Å². The number of hydrogen-bond acceptors (Lipinski definition) is 6. The third-order valence-corrected chi connectivity index (χ3v) is 3.28. The summed E-state index contributed by atoms with van der Waals surface area (Å²) in [7, 11) is 0. The zero-order valence-electron chi connectivity index (χ0n) is 9.10. The van der Waals surface area contributed by atoms with E-state index in [-0.39, 0.29) is 5.56 Å². The van der Waals surface area contributed by atoms with E-state index in [1.807, 2.05) is 0 Å². The van der Waals surface area contributed by atoms with E-state index >= 15 is 0 Å². The monoisotopic (exact) mass is 247 g/mol. The lowest BCUT2D eigenvalue weighted by atomic mass is 10.2. The normalized spacial score (nSPS) is 13.5. The van der Waals surface area contributed by atoms with Crippen LogP contribution >= 0.6 is 11.8 Å². The van der Waals surface area contributed by atoms with E-state index in [2.05, 4.69) is 26.5 Å². The summed E-state index contributed by atoms with van der Waals surface area (Å²) >= 11 is 1.37. The van der Waals surface area contributed by atoms with Gasteiger partial charge in [0.15, 0.2) is 0 Å². The number of rotatable bonds is 3. The molecule has 0 unspecified atom stereocenters. The van der Waals surface area contributed by atoms with E-state index in [0.717, 1.165) is 5.71 Å². The van der Waals surface area contributed by atoms with E-state index in [9.17, 15) is 4.79 Å². The maximum Gasteiger partial charge on any atom is 0.249 e. The van der Waals surface area contributed by atoms with Crippen LogP contribution in [0.25, 0.3) is 0 Å². The summed E-state index contributed by atoms with van der Waals surface area (Å²) in [5.41, 5.74) is 1.82. The summed E-state index contributed by atoms with van der Waals surface area (Å²) in [6.07, 6.45) is 0. The van der Waals surface area contributed by atoms with Gasteiger partial charge in [-0.25, -0.2) is 0 Å². The first kappa shape index (κ1) is 11.5. The number of pyridine rings is 1. The molecular weight excluding hydrogens is 238 g/mol. The number of nitriles is 1. The maximum absolute atomic E-state index is 11.3. The van der Waals surface area contributed by atoms with Crippen molar-refractivity contribution in [1.82, 2.24) is 4.98 Å². The molecule has 86 valence electrons. The molecule has 2 heterocycles. The first-order chi connectivity index (χ1) is 8.20. The predicted molar refractivity (Wildman–Crippen MR) is 64.4 cm³/mol. The molecule has 7 heteroatoms. The summed E-state index contributed by atoms with van der Waals surface area (Å²) < 4.78 is 0. The van der Waals surface area contributed by atoms with Gasteiger partial charge in [0.25, 0.3) is 0 Å². The fourth-order valence-electron chi connectivity index (χ4n) is 1.38. The number of aromatic amines is 1. The van der Waals surface area contributed by atoms with Crippen LogP contribution in [-0.4, -0.2) is 23.0 Å². The first-order valence-corrected chi connectivity index (χ1v) is 5.88. The van der Waals surface area contributed by atoms with Crippen molar-refractivity contribution in [2.24, 2.45) is 15.4 Å². The smallest absolute Gasteiger partial charge is 0.249 e. The summed E-state index contributed by atoms with van der Waals surface area (Å²) in [6.45, 7) is 2.24. The Hall–Kier alpha value is -1.94. The minimum absolute atomic E-state index is 0.202. The molecule has 1 aliphatic rings. The second-order valence-corrected chi connectivity index (χ2v) is 4.46. The summed E-state index contributed by atoms with van der Waals surface area (Å²) in [5.74, 6) is 0.571. The van der Waals surface area contributed by atoms with Crippen molar-refractivity contribution in [1.29, 1.82) is 5.26 Å². The Morgan fingerprint density at radius 3 is 3.12 bits per heavy atom. The molecule has 0 bridgehead atoms. The van der Waals surface area contributed by atoms with Crippen molar-refractivity contribution >= 4 is 17.5 Å². The molecule has 1 N–H and O–H groups in total. The van der Waals surface area contributed by atoms with Crippen molar-refractivity contribution in [2.45, 2.75) is 11.9 Å². The topological polar surface area (TPSA) is 93.7 Å². The average molecular weight is 247 g/mol. The van der Waals surface area contributed by atoms with Gasteiger partial charge < -0.3 is 4.98 Å². The van der Waals surface area contributed by atoms with Gasteiger partial charge in [-0.1, -0.05) is 0 Å². The van der Waals surface area contributed by atoms with E-state index in [0.29, 0.717) is 28.5 Å². The van der Waals surface area contributed by atoms with Crippen LogP contribution in [0.5, 0.6) is 0 Å². The molecule has 1 aromatic rings. The summed E-state index contributed by atoms with van der Waals surface area (Å²) in [6, 6.07) is 3.51. The number of H-pyrrole nitrogens is 1. The molecule has 0 atom stereocenters. The Bertz CT molecular complexity index is 596. The predicted octanol–water partition coefficient (Wildman–Crippen LogP) is 1.47. The Kier molecular flexibility index (Phi) is 3.35. The number of thioether (sulfide) groups is 1. The molecule has 0 radical (unpaired) electrons. The Morgan fingerprint density at radius 2 is 2.47 bits per heavy atom. The number of aryl methyl sites for hydroxylation is 1. The summed E-state index contributed by atoms with van der Waals surface area (Å²) in [4.78, 5) is 14.0. The lowest BCUT2D eigenvalue weighted by Gasteiger charge is -2.04. The Morgan fingerprint density at radius 1 is 1.65 bits per heavy atom. The molecule has 0 aliphatic carbocycles. The Balaban J connectivity index is 2.20. The van der Waals surface area contributed by atoms with Crippen molar-refractivity contribution < 1.29 is 0 Å². The van der Waals surface area contributed by atoms with Gasteiger partial charge in [0.05, 0.1) is 16.3 Å². The van der Waals surface area contributed by atoms with Crippen LogP contribution in [-0.2, 0) is 0 Å². The zero-order chi connectivity index (χ0) is 12.3. The van der Waals surface area contributed by atoms with Crippen LogP contribution in [0.4, 0.5) is 0 Å². The number of nitrogens with one attached hydrogen (secondary N) is 1. The molecule has 17 heavy (non-hydrogen) atoms. The van der Waals surface area contributed by atoms with E-state index in [1.54, 1.807) is 6.92 Å². The van der Waals surface area contributed by atoms with Gasteiger partial charge in [-0.05, 0) is 17.7 Å². The number of hydrogen-bond donors (Lipinski definition) is 1. The third kappa shape index (κ3) is 2.60. The molecule has 0 spiro atoms. The van der Waals surface area contributed by atoms with E-state index < -0.39 is 0 Å². The van der Waals surface area contributed by atoms with Gasteiger partial charge in [0.2, 0.25) is 5.56 Å².